The van der Waals surface area contributed by atoms with E-state index in [0.29, 0.717) is 11.4 Å². The van der Waals surface area contributed by atoms with Crippen LogP contribution in [0, 0.1) is 0 Å². The van der Waals surface area contributed by atoms with Crippen LogP contribution in [0.1, 0.15) is 17.4 Å². The Labute approximate surface area is 117 Å². The van der Waals surface area contributed by atoms with Gasteiger partial charge in [0.15, 0.2) is 0 Å². The van der Waals surface area contributed by atoms with E-state index in [-0.39, 0.29) is 5.37 Å². The van der Waals surface area contributed by atoms with E-state index in [1.165, 1.54) is 0 Å². The Kier molecular flexibility index (Phi) is 4.36. The van der Waals surface area contributed by atoms with Crippen molar-refractivity contribution in [2.45, 2.75) is 17.8 Å². The Balaban J connectivity index is 2.19. The molecule has 1 fully saturated rings. The Morgan fingerprint density at radius 1 is 1.59 bits per heavy atom. The Morgan fingerprint density at radius 2 is 2.35 bits per heavy atom. The quantitative estimate of drug-likeness (QED) is 0.870. The van der Waals surface area contributed by atoms with Crippen molar-refractivity contribution in [3.8, 4) is 0 Å². The number of carbonyl (C=O) groups is 1. The molecule has 0 amide bonds. The fraction of sp³-hybridized carbons (Fsp3) is 0.364. The maximum atomic E-state index is 11.0. The van der Waals surface area contributed by atoms with Crippen molar-refractivity contribution in [1.29, 1.82) is 0 Å². The third-order valence-electron chi connectivity index (χ3n) is 2.59. The standard InChI is InChI=1S/C11H11BrClNO2S/c12-6-1-2-7(8(13)5-6)10-14-9(11(15)16)3-4-17-10/h1-2,5,9-10,14H,3-4H2,(H,15,16). The molecule has 6 heteroatoms. The lowest BCUT2D eigenvalue weighted by molar-refractivity contribution is -0.139. The molecule has 1 heterocycles. The zero-order valence-electron chi connectivity index (χ0n) is 8.82. The Morgan fingerprint density at radius 3 is 3.00 bits per heavy atom. The molecule has 2 unspecified atom stereocenters. The molecule has 1 aliphatic rings. The highest BCUT2D eigenvalue weighted by molar-refractivity contribution is 9.10. The molecule has 0 saturated carbocycles. The Hall–Kier alpha value is -0.230. The number of hydrogen-bond acceptors (Lipinski definition) is 3. The number of hydrogen-bond donors (Lipinski definition) is 2. The Bertz CT molecular complexity index is 443. The summed E-state index contributed by atoms with van der Waals surface area (Å²) in [7, 11) is 0. The maximum absolute atomic E-state index is 11.0. The van der Waals surface area contributed by atoms with E-state index < -0.39 is 12.0 Å². The topological polar surface area (TPSA) is 49.3 Å². The van der Waals surface area contributed by atoms with Gasteiger partial charge in [0.1, 0.15) is 6.04 Å². The van der Waals surface area contributed by atoms with Crippen LogP contribution in [-0.4, -0.2) is 22.9 Å². The summed E-state index contributed by atoms with van der Waals surface area (Å²) in [5, 5.41) is 12.7. The van der Waals surface area contributed by atoms with E-state index in [1.807, 2.05) is 18.2 Å². The molecular formula is C11H11BrClNO2S. The lowest BCUT2D eigenvalue weighted by Gasteiger charge is -2.29. The first-order valence-corrected chi connectivity index (χ1v) is 7.35. The van der Waals surface area contributed by atoms with E-state index in [1.54, 1.807) is 11.8 Å². The van der Waals surface area contributed by atoms with Gasteiger partial charge in [0, 0.05) is 9.50 Å². The van der Waals surface area contributed by atoms with Crippen molar-refractivity contribution < 1.29 is 9.90 Å². The van der Waals surface area contributed by atoms with Gasteiger partial charge in [-0.15, -0.1) is 11.8 Å². The summed E-state index contributed by atoms with van der Waals surface area (Å²) in [6, 6.07) is 5.17. The van der Waals surface area contributed by atoms with Crippen LogP contribution in [0.25, 0.3) is 0 Å². The average Bonchev–Trinajstić information content (AvgIpc) is 2.29. The number of aliphatic carboxylic acids is 1. The summed E-state index contributed by atoms with van der Waals surface area (Å²) >= 11 is 11.2. The molecule has 0 radical (unpaired) electrons. The molecule has 0 aromatic heterocycles. The van der Waals surface area contributed by atoms with Gasteiger partial charge in [0.05, 0.1) is 5.37 Å². The van der Waals surface area contributed by atoms with E-state index >= 15 is 0 Å². The van der Waals surface area contributed by atoms with Gasteiger partial charge in [0.25, 0.3) is 0 Å². The number of carboxylic acids is 1. The molecule has 2 N–H and O–H groups in total. The van der Waals surface area contributed by atoms with Crippen LogP contribution in [0.3, 0.4) is 0 Å². The zero-order valence-corrected chi connectivity index (χ0v) is 12.0. The first kappa shape index (κ1) is 13.2. The van der Waals surface area contributed by atoms with Crippen molar-refractivity contribution in [2.24, 2.45) is 0 Å². The van der Waals surface area contributed by atoms with Crippen LogP contribution in [-0.2, 0) is 4.79 Å². The normalized spacial score (nSPS) is 24.6. The fourth-order valence-corrected chi connectivity index (χ4v) is 3.81. The highest BCUT2D eigenvalue weighted by atomic mass is 79.9. The van der Waals surface area contributed by atoms with Crippen molar-refractivity contribution in [3.05, 3.63) is 33.3 Å². The van der Waals surface area contributed by atoms with Gasteiger partial charge in [-0.25, -0.2) is 0 Å². The van der Waals surface area contributed by atoms with Gasteiger partial charge < -0.3 is 5.11 Å². The minimum Gasteiger partial charge on any atom is -0.480 e. The predicted molar refractivity (Wildman–Crippen MR) is 73.5 cm³/mol. The van der Waals surface area contributed by atoms with Crippen LogP contribution in [0.4, 0.5) is 0 Å². The smallest absolute Gasteiger partial charge is 0.320 e. The molecular weight excluding hydrogens is 326 g/mol. The van der Waals surface area contributed by atoms with Gasteiger partial charge in [-0.05, 0) is 29.9 Å². The van der Waals surface area contributed by atoms with Crippen molar-refractivity contribution in [3.63, 3.8) is 0 Å². The molecule has 17 heavy (non-hydrogen) atoms. The molecule has 2 rings (SSSR count). The van der Waals surface area contributed by atoms with Crippen molar-refractivity contribution in [2.75, 3.05) is 5.75 Å². The number of thioether (sulfide) groups is 1. The number of nitrogens with one attached hydrogen (secondary N) is 1. The maximum Gasteiger partial charge on any atom is 0.320 e. The summed E-state index contributed by atoms with van der Waals surface area (Å²) in [5.74, 6) is 0.0182. The van der Waals surface area contributed by atoms with Crippen LogP contribution in [0.5, 0.6) is 0 Å². The fourth-order valence-electron chi connectivity index (χ4n) is 1.71. The molecule has 0 spiro atoms. The van der Waals surface area contributed by atoms with Gasteiger partial charge in [-0.2, -0.15) is 0 Å². The summed E-state index contributed by atoms with van der Waals surface area (Å²) in [5.41, 5.74) is 0.936. The molecule has 1 aromatic rings. The van der Waals surface area contributed by atoms with E-state index in [0.717, 1.165) is 15.8 Å². The molecule has 92 valence electrons. The molecule has 1 saturated heterocycles. The SMILES string of the molecule is O=C(O)C1CCSC(c2ccc(Br)cc2Cl)N1. The van der Waals surface area contributed by atoms with Gasteiger partial charge in [-0.1, -0.05) is 33.6 Å². The molecule has 0 bridgehead atoms. The molecule has 1 aliphatic heterocycles. The molecule has 3 nitrogen and oxygen atoms in total. The summed E-state index contributed by atoms with van der Waals surface area (Å²) in [6.07, 6.45) is 0.643. The van der Waals surface area contributed by atoms with Crippen LogP contribution in [0.15, 0.2) is 22.7 Å². The van der Waals surface area contributed by atoms with Gasteiger partial charge in [0.2, 0.25) is 0 Å². The van der Waals surface area contributed by atoms with E-state index in [2.05, 4.69) is 21.2 Å². The van der Waals surface area contributed by atoms with E-state index in [4.69, 9.17) is 16.7 Å². The lowest BCUT2D eigenvalue weighted by Crippen LogP contribution is -2.41. The number of carboxylic acid groups (broad SMARTS) is 1. The largest absolute Gasteiger partial charge is 0.480 e. The molecule has 0 aliphatic carbocycles. The second-order valence-corrected chi connectivity index (χ2v) is 6.30. The van der Waals surface area contributed by atoms with Crippen molar-refractivity contribution >= 4 is 45.3 Å². The summed E-state index contributed by atoms with van der Waals surface area (Å²) in [4.78, 5) is 11.0. The number of benzene rings is 1. The van der Waals surface area contributed by atoms with E-state index in [9.17, 15) is 4.79 Å². The van der Waals surface area contributed by atoms with Crippen LogP contribution in [0.2, 0.25) is 5.02 Å². The minimum atomic E-state index is -0.802. The summed E-state index contributed by atoms with van der Waals surface area (Å²) in [6.45, 7) is 0. The summed E-state index contributed by atoms with van der Waals surface area (Å²) < 4.78 is 0.918. The number of rotatable bonds is 2. The average molecular weight is 337 g/mol. The first-order chi connectivity index (χ1) is 8.08. The van der Waals surface area contributed by atoms with Crippen LogP contribution >= 0.6 is 39.3 Å². The highest BCUT2D eigenvalue weighted by Gasteiger charge is 2.28. The highest BCUT2D eigenvalue weighted by Crippen LogP contribution is 2.36. The number of halogens is 2. The van der Waals surface area contributed by atoms with Gasteiger partial charge >= 0.3 is 5.97 Å². The molecule has 1 aromatic carbocycles. The second-order valence-electron chi connectivity index (χ2n) is 3.76. The van der Waals surface area contributed by atoms with Crippen LogP contribution < -0.4 is 5.32 Å². The first-order valence-electron chi connectivity index (χ1n) is 5.13. The van der Waals surface area contributed by atoms with Crippen molar-refractivity contribution in [1.82, 2.24) is 5.32 Å². The zero-order chi connectivity index (χ0) is 12.4. The monoisotopic (exact) mass is 335 g/mol. The molecule has 2 atom stereocenters. The third-order valence-corrected chi connectivity index (χ3v) is 4.60. The third kappa shape index (κ3) is 3.16. The minimum absolute atomic E-state index is 0.0505. The second kappa shape index (κ2) is 5.61. The van der Waals surface area contributed by atoms with Gasteiger partial charge in [-0.3, -0.25) is 10.1 Å². The predicted octanol–water partition coefficient (Wildman–Crippen LogP) is 3.28. The lowest BCUT2D eigenvalue weighted by atomic mass is 10.1.